The number of Topliss-reactive ketones (excluding diaryl/α,β-unsaturated/α-hetero) is 1. The van der Waals surface area contributed by atoms with Gasteiger partial charge >= 0.3 is 0 Å². The van der Waals surface area contributed by atoms with Gasteiger partial charge in [0, 0.05) is 23.2 Å². The van der Waals surface area contributed by atoms with Crippen molar-refractivity contribution in [3.05, 3.63) is 71.0 Å². The molecule has 0 aromatic carbocycles. The van der Waals surface area contributed by atoms with Crippen LogP contribution in [-0.4, -0.2) is 16.6 Å². The minimum atomic E-state index is -0.696. The highest BCUT2D eigenvalue weighted by atomic mass is 16.1. The molecule has 5 heteroatoms. The molecule has 1 saturated carbocycles. The molecule has 3 aliphatic rings. The lowest BCUT2D eigenvalue weighted by Gasteiger charge is -2.56. The van der Waals surface area contributed by atoms with Crippen molar-refractivity contribution >= 4 is 11.6 Å². The fourth-order valence-corrected chi connectivity index (χ4v) is 5.40. The Hall–Kier alpha value is -3.62. The first-order chi connectivity index (χ1) is 14.7. The van der Waals surface area contributed by atoms with Gasteiger partial charge in [-0.05, 0) is 55.5 Å². The molecule has 4 rings (SSSR count). The second-order valence-corrected chi connectivity index (χ2v) is 8.89. The van der Waals surface area contributed by atoms with Crippen LogP contribution in [-0.2, 0) is 9.59 Å². The number of nitrogens with zero attached hydrogens (tertiary/aromatic N) is 2. The first-order valence-electron chi connectivity index (χ1n) is 10.2. The van der Waals surface area contributed by atoms with Crippen molar-refractivity contribution in [3.63, 3.8) is 0 Å². The number of H-pyrrole nitrogens is 1. The molecule has 1 N–H and O–H groups in total. The van der Waals surface area contributed by atoms with Crippen molar-refractivity contribution < 1.29 is 9.59 Å². The molecule has 1 aromatic rings. The molecule has 0 spiro atoms. The Bertz CT molecular complexity index is 1140. The molecule has 0 amide bonds. The van der Waals surface area contributed by atoms with E-state index in [0.717, 1.165) is 12.0 Å². The number of carbonyl (C=O) groups excluding carboxylic acids is 2. The molecule has 1 fully saturated rings. The summed E-state index contributed by atoms with van der Waals surface area (Å²) >= 11 is 0. The predicted octanol–water partition coefficient (Wildman–Crippen LogP) is 4.80. The van der Waals surface area contributed by atoms with Crippen LogP contribution in [0.25, 0.3) is 4.85 Å². The molecule has 3 atom stereocenters. The summed E-state index contributed by atoms with van der Waals surface area (Å²) in [6.45, 7) is 14.9. The Morgan fingerprint density at radius 3 is 2.39 bits per heavy atom. The van der Waals surface area contributed by atoms with Crippen LogP contribution >= 0.6 is 0 Å². The number of rotatable bonds is 0. The highest BCUT2D eigenvalue weighted by molar-refractivity contribution is 6.09. The van der Waals surface area contributed by atoms with Gasteiger partial charge in [-0.2, -0.15) is 5.26 Å². The Balaban J connectivity index is 0.000000478. The van der Waals surface area contributed by atoms with Gasteiger partial charge in [-0.25, -0.2) is 4.85 Å². The SMILES string of the molecule is [C-]#[N+]C1=CC2(C)C3=CC(=O)C(C#N)=CC3(C#CC)CCC2C(C)(C)C1=O.c1cc[nH]c1. The summed E-state index contributed by atoms with van der Waals surface area (Å²) in [4.78, 5) is 31.5. The topological polar surface area (TPSA) is 78.1 Å². The Morgan fingerprint density at radius 2 is 1.87 bits per heavy atom. The van der Waals surface area contributed by atoms with E-state index in [1.807, 2.05) is 51.4 Å². The number of allylic oxidation sites excluding steroid dienone is 6. The largest absolute Gasteiger partial charge is 0.368 e. The summed E-state index contributed by atoms with van der Waals surface area (Å²) in [5.41, 5.74) is -0.984. The highest BCUT2D eigenvalue weighted by Crippen LogP contribution is 2.63. The molecular formula is C26H25N3O2. The van der Waals surface area contributed by atoms with Crippen LogP contribution in [0.15, 0.2) is 59.6 Å². The first-order valence-corrected chi connectivity index (χ1v) is 10.2. The van der Waals surface area contributed by atoms with E-state index in [-0.39, 0.29) is 28.8 Å². The molecule has 0 bridgehead atoms. The minimum absolute atomic E-state index is 0.0316. The number of aromatic nitrogens is 1. The number of ketones is 2. The van der Waals surface area contributed by atoms with Crippen molar-refractivity contribution in [1.82, 2.24) is 4.98 Å². The van der Waals surface area contributed by atoms with Gasteiger partial charge in [-0.15, -0.1) is 5.92 Å². The molecule has 31 heavy (non-hydrogen) atoms. The van der Waals surface area contributed by atoms with E-state index in [0.29, 0.717) is 6.42 Å². The van der Waals surface area contributed by atoms with Crippen LogP contribution in [0.2, 0.25) is 0 Å². The predicted molar refractivity (Wildman–Crippen MR) is 118 cm³/mol. The zero-order valence-corrected chi connectivity index (χ0v) is 18.2. The van der Waals surface area contributed by atoms with E-state index >= 15 is 0 Å². The number of hydrogen-bond donors (Lipinski definition) is 1. The lowest BCUT2D eigenvalue weighted by atomic mass is 9.46. The van der Waals surface area contributed by atoms with E-state index in [1.54, 1.807) is 19.1 Å². The maximum Gasteiger partial charge on any atom is 0.226 e. The number of fused-ring (bicyclic) bond motifs is 3. The zero-order chi connectivity index (χ0) is 22.9. The number of nitriles is 1. The maximum absolute atomic E-state index is 12.8. The smallest absolute Gasteiger partial charge is 0.226 e. The lowest BCUT2D eigenvalue weighted by molar-refractivity contribution is -0.130. The summed E-state index contributed by atoms with van der Waals surface area (Å²) in [6, 6.07) is 5.87. The molecule has 5 nitrogen and oxygen atoms in total. The van der Waals surface area contributed by atoms with E-state index < -0.39 is 16.2 Å². The fourth-order valence-electron chi connectivity index (χ4n) is 5.40. The molecule has 1 heterocycles. The minimum Gasteiger partial charge on any atom is -0.368 e. The highest BCUT2D eigenvalue weighted by Gasteiger charge is 2.59. The van der Waals surface area contributed by atoms with Gasteiger partial charge in [-0.3, -0.25) is 4.79 Å². The number of hydrogen-bond acceptors (Lipinski definition) is 3. The third kappa shape index (κ3) is 3.45. The molecule has 0 aliphatic heterocycles. The Labute approximate surface area is 183 Å². The van der Waals surface area contributed by atoms with E-state index in [2.05, 4.69) is 21.7 Å². The van der Waals surface area contributed by atoms with E-state index in [9.17, 15) is 14.9 Å². The summed E-state index contributed by atoms with van der Waals surface area (Å²) in [7, 11) is 0. The molecular weight excluding hydrogens is 386 g/mol. The van der Waals surface area contributed by atoms with Crippen LogP contribution in [0.1, 0.15) is 40.5 Å². The van der Waals surface area contributed by atoms with Gasteiger partial charge in [0.15, 0.2) is 11.6 Å². The molecule has 3 aliphatic carbocycles. The average molecular weight is 412 g/mol. The molecule has 0 radical (unpaired) electrons. The van der Waals surface area contributed by atoms with Gasteiger partial charge in [-0.1, -0.05) is 32.8 Å². The summed E-state index contributed by atoms with van der Waals surface area (Å²) in [5, 5.41) is 9.32. The Kier molecular flexibility index (Phi) is 5.62. The fraction of sp³-hybridized carbons (Fsp3) is 0.385. The number of nitrogens with one attached hydrogen (secondary N) is 1. The second-order valence-electron chi connectivity index (χ2n) is 8.89. The normalized spacial score (nSPS) is 30.3. The third-order valence-electron chi connectivity index (χ3n) is 6.75. The van der Waals surface area contributed by atoms with Gasteiger partial charge in [0.05, 0.1) is 17.6 Å². The van der Waals surface area contributed by atoms with Crippen molar-refractivity contribution in [3.8, 4) is 17.9 Å². The van der Waals surface area contributed by atoms with Crippen LogP contribution in [0.3, 0.4) is 0 Å². The molecule has 0 saturated heterocycles. The third-order valence-corrected chi connectivity index (χ3v) is 6.75. The van der Waals surface area contributed by atoms with E-state index in [1.165, 1.54) is 6.08 Å². The lowest BCUT2D eigenvalue weighted by Crippen LogP contribution is -2.53. The van der Waals surface area contributed by atoms with E-state index in [4.69, 9.17) is 6.57 Å². The van der Waals surface area contributed by atoms with Gasteiger partial charge in [0.2, 0.25) is 5.70 Å². The van der Waals surface area contributed by atoms with Crippen molar-refractivity contribution in [2.45, 2.75) is 40.5 Å². The second kappa shape index (κ2) is 7.90. The first kappa shape index (κ1) is 22.1. The maximum atomic E-state index is 12.8. The standard InChI is InChI=1S/C22H20N2O2.C4H5N/c1-6-8-22-9-7-17-20(2,3)19(26)15(24-5)12-21(17,4)18(22)10-16(25)14(11-22)13-23;1-2-4-5-3-1/h10-12,17H,7,9H2,1-4H3;1-5H. The quantitative estimate of drug-likeness (QED) is 0.492. The zero-order valence-electron chi connectivity index (χ0n) is 18.2. The van der Waals surface area contributed by atoms with Crippen molar-refractivity contribution in [1.29, 1.82) is 5.26 Å². The number of aromatic amines is 1. The van der Waals surface area contributed by atoms with Crippen molar-refractivity contribution in [2.24, 2.45) is 22.2 Å². The van der Waals surface area contributed by atoms with Crippen LogP contribution in [0.5, 0.6) is 0 Å². The van der Waals surface area contributed by atoms with Gasteiger partial charge in [0.1, 0.15) is 6.07 Å². The summed E-state index contributed by atoms with van der Waals surface area (Å²) < 4.78 is 0. The van der Waals surface area contributed by atoms with Gasteiger partial charge in [0.25, 0.3) is 0 Å². The molecule has 156 valence electrons. The Morgan fingerprint density at radius 1 is 1.19 bits per heavy atom. The van der Waals surface area contributed by atoms with Crippen LogP contribution in [0.4, 0.5) is 0 Å². The van der Waals surface area contributed by atoms with Crippen LogP contribution < -0.4 is 0 Å². The van der Waals surface area contributed by atoms with Crippen molar-refractivity contribution in [2.75, 3.05) is 0 Å². The monoisotopic (exact) mass is 411 g/mol. The summed E-state index contributed by atoms with van der Waals surface area (Å²) in [5.74, 6) is 5.68. The molecule has 1 aromatic heterocycles. The van der Waals surface area contributed by atoms with Gasteiger partial charge < -0.3 is 9.78 Å². The number of carbonyl (C=O) groups is 2. The molecule has 3 unspecified atom stereocenters. The average Bonchev–Trinajstić information content (AvgIpc) is 3.32. The van der Waals surface area contributed by atoms with Crippen LogP contribution in [0, 0.1) is 51.9 Å². The summed E-state index contributed by atoms with van der Waals surface area (Å²) in [6.07, 6.45) is 10.1.